The third-order valence-corrected chi connectivity index (χ3v) is 3.10. The predicted molar refractivity (Wildman–Crippen MR) is 54.6 cm³/mol. The Morgan fingerprint density at radius 2 is 2.14 bits per heavy atom. The van der Waals surface area contributed by atoms with Crippen molar-refractivity contribution in [3.05, 3.63) is 29.9 Å². The van der Waals surface area contributed by atoms with Crippen molar-refractivity contribution >= 4 is 6.08 Å². The van der Waals surface area contributed by atoms with Gasteiger partial charge in [0.1, 0.15) is 6.33 Å². The monoisotopic (exact) mass is 187 g/mol. The van der Waals surface area contributed by atoms with E-state index in [0.29, 0.717) is 6.04 Å². The zero-order valence-corrected chi connectivity index (χ0v) is 7.98. The van der Waals surface area contributed by atoms with Crippen LogP contribution in [-0.2, 0) is 0 Å². The van der Waals surface area contributed by atoms with Crippen LogP contribution in [0.4, 0.5) is 0 Å². The molecule has 2 aliphatic rings. The molecule has 14 heavy (non-hydrogen) atoms. The van der Waals surface area contributed by atoms with E-state index in [1.807, 2.05) is 12.4 Å². The zero-order valence-electron chi connectivity index (χ0n) is 7.98. The molecule has 2 aliphatic heterocycles. The Kier molecular flexibility index (Phi) is 1.84. The van der Waals surface area contributed by atoms with Crippen LogP contribution in [0.25, 0.3) is 6.08 Å². The lowest BCUT2D eigenvalue weighted by Crippen LogP contribution is -2.18. The summed E-state index contributed by atoms with van der Waals surface area (Å²) in [5.74, 6) is 0. The Balaban J connectivity index is 1.86. The Morgan fingerprint density at radius 3 is 2.79 bits per heavy atom. The van der Waals surface area contributed by atoms with Gasteiger partial charge in [0.2, 0.25) is 0 Å². The standard InChI is InChI=1S/C11H13N3/c1-2-11-9(4-10(1)14-11)3-8-5-12-7-13-6-8/h3,5-7,10-11,14H,1-2,4H2. The lowest BCUT2D eigenvalue weighted by atomic mass is 9.94. The maximum atomic E-state index is 4.01. The number of hydrogen-bond acceptors (Lipinski definition) is 3. The average Bonchev–Trinajstić information content (AvgIpc) is 2.81. The second kappa shape index (κ2) is 3.17. The second-order valence-electron chi connectivity index (χ2n) is 4.09. The van der Waals surface area contributed by atoms with Gasteiger partial charge in [-0.15, -0.1) is 0 Å². The molecule has 2 fully saturated rings. The average molecular weight is 187 g/mol. The molecule has 1 aromatic heterocycles. The Bertz CT molecular complexity index is 358. The van der Waals surface area contributed by atoms with Gasteiger partial charge in [-0.2, -0.15) is 0 Å². The number of rotatable bonds is 1. The van der Waals surface area contributed by atoms with Crippen LogP contribution in [0.15, 0.2) is 24.3 Å². The molecule has 1 aromatic rings. The lowest BCUT2D eigenvalue weighted by molar-refractivity contribution is 0.647. The van der Waals surface area contributed by atoms with Gasteiger partial charge in [-0.05, 0) is 19.3 Å². The third-order valence-electron chi connectivity index (χ3n) is 3.10. The van der Waals surface area contributed by atoms with E-state index in [0.717, 1.165) is 11.6 Å². The van der Waals surface area contributed by atoms with Crippen molar-refractivity contribution in [3.8, 4) is 0 Å². The van der Waals surface area contributed by atoms with Crippen molar-refractivity contribution in [1.29, 1.82) is 0 Å². The van der Waals surface area contributed by atoms with Crippen molar-refractivity contribution in [2.75, 3.05) is 0 Å². The van der Waals surface area contributed by atoms with Gasteiger partial charge in [-0.25, -0.2) is 9.97 Å². The topological polar surface area (TPSA) is 37.8 Å². The smallest absolute Gasteiger partial charge is 0.115 e. The van der Waals surface area contributed by atoms with Crippen molar-refractivity contribution in [3.63, 3.8) is 0 Å². The molecule has 2 bridgehead atoms. The Morgan fingerprint density at radius 1 is 1.29 bits per heavy atom. The molecule has 0 aliphatic carbocycles. The fourth-order valence-electron chi connectivity index (χ4n) is 2.46. The van der Waals surface area contributed by atoms with Gasteiger partial charge in [0.05, 0.1) is 0 Å². The van der Waals surface area contributed by atoms with Crippen LogP contribution in [0, 0.1) is 0 Å². The molecule has 0 spiro atoms. The van der Waals surface area contributed by atoms with Crippen LogP contribution in [0.3, 0.4) is 0 Å². The van der Waals surface area contributed by atoms with Gasteiger partial charge in [-0.1, -0.05) is 11.6 Å². The molecule has 0 saturated carbocycles. The first-order valence-corrected chi connectivity index (χ1v) is 5.13. The quantitative estimate of drug-likeness (QED) is 0.721. The highest BCUT2D eigenvalue weighted by Crippen LogP contribution is 2.33. The van der Waals surface area contributed by atoms with Crippen LogP contribution in [-0.4, -0.2) is 22.1 Å². The minimum absolute atomic E-state index is 0.625. The summed E-state index contributed by atoms with van der Waals surface area (Å²) in [6, 6.07) is 1.36. The summed E-state index contributed by atoms with van der Waals surface area (Å²) in [5, 5.41) is 3.59. The minimum Gasteiger partial charge on any atom is -0.307 e. The molecule has 1 N–H and O–H groups in total. The SMILES string of the molecule is C(=C1CC2CCC1N2)c1cncnc1. The summed E-state index contributed by atoms with van der Waals surface area (Å²) in [6.45, 7) is 0. The van der Waals surface area contributed by atoms with E-state index < -0.39 is 0 Å². The maximum absolute atomic E-state index is 4.01. The summed E-state index contributed by atoms with van der Waals surface area (Å²) in [7, 11) is 0. The number of nitrogens with one attached hydrogen (secondary N) is 1. The third kappa shape index (κ3) is 1.34. The van der Waals surface area contributed by atoms with Crippen LogP contribution in [0.5, 0.6) is 0 Å². The molecule has 72 valence electrons. The van der Waals surface area contributed by atoms with Crippen LogP contribution < -0.4 is 5.32 Å². The number of hydrogen-bond donors (Lipinski definition) is 1. The molecule has 3 heterocycles. The van der Waals surface area contributed by atoms with E-state index >= 15 is 0 Å². The first-order valence-electron chi connectivity index (χ1n) is 5.13. The van der Waals surface area contributed by atoms with Gasteiger partial charge in [-0.3, -0.25) is 0 Å². The molecule has 3 heteroatoms. The highest BCUT2D eigenvalue weighted by Gasteiger charge is 2.34. The van der Waals surface area contributed by atoms with E-state index in [2.05, 4.69) is 21.4 Å². The molecule has 2 saturated heterocycles. The highest BCUT2D eigenvalue weighted by molar-refractivity contribution is 5.54. The van der Waals surface area contributed by atoms with Crippen LogP contribution >= 0.6 is 0 Å². The molecule has 3 nitrogen and oxygen atoms in total. The predicted octanol–water partition coefficient (Wildman–Crippen LogP) is 1.38. The summed E-state index contributed by atoms with van der Waals surface area (Å²) >= 11 is 0. The van der Waals surface area contributed by atoms with E-state index in [-0.39, 0.29) is 0 Å². The fraction of sp³-hybridized carbons (Fsp3) is 0.455. The summed E-state index contributed by atoms with van der Waals surface area (Å²) in [4.78, 5) is 8.03. The van der Waals surface area contributed by atoms with Gasteiger partial charge in [0.15, 0.2) is 0 Å². The molecule has 3 rings (SSSR count). The molecule has 2 unspecified atom stereocenters. The zero-order chi connectivity index (χ0) is 9.38. The summed E-state index contributed by atoms with van der Waals surface area (Å²) < 4.78 is 0. The molecule has 0 aromatic carbocycles. The minimum atomic E-state index is 0.625. The van der Waals surface area contributed by atoms with Crippen molar-refractivity contribution in [2.45, 2.75) is 31.3 Å². The number of aromatic nitrogens is 2. The number of fused-ring (bicyclic) bond motifs is 2. The Hall–Kier alpha value is -1.22. The van der Waals surface area contributed by atoms with E-state index in [4.69, 9.17) is 0 Å². The molecule has 2 atom stereocenters. The maximum Gasteiger partial charge on any atom is 0.115 e. The van der Waals surface area contributed by atoms with E-state index in [9.17, 15) is 0 Å². The molecule has 0 radical (unpaired) electrons. The lowest BCUT2D eigenvalue weighted by Gasteiger charge is -2.10. The van der Waals surface area contributed by atoms with Crippen LogP contribution in [0.2, 0.25) is 0 Å². The first kappa shape index (κ1) is 8.12. The normalized spacial score (nSPS) is 32.7. The van der Waals surface area contributed by atoms with Crippen LogP contribution in [0.1, 0.15) is 24.8 Å². The Labute approximate surface area is 83.3 Å². The summed E-state index contributed by atoms with van der Waals surface area (Å²) in [6.07, 6.45) is 11.4. The summed E-state index contributed by atoms with van der Waals surface area (Å²) in [5.41, 5.74) is 2.65. The van der Waals surface area contributed by atoms with E-state index in [1.54, 1.807) is 6.33 Å². The molecule has 0 amide bonds. The van der Waals surface area contributed by atoms with Gasteiger partial charge in [0, 0.05) is 30.0 Å². The first-order chi connectivity index (χ1) is 6.92. The van der Waals surface area contributed by atoms with E-state index in [1.165, 1.54) is 24.8 Å². The van der Waals surface area contributed by atoms with Gasteiger partial charge < -0.3 is 5.32 Å². The molecular weight excluding hydrogens is 174 g/mol. The highest BCUT2D eigenvalue weighted by atomic mass is 15.0. The van der Waals surface area contributed by atoms with Gasteiger partial charge in [0.25, 0.3) is 0 Å². The fourth-order valence-corrected chi connectivity index (χ4v) is 2.46. The van der Waals surface area contributed by atoms with Crippen molar-refractivity contribution < 1.29 is 0 Å². The van der Waals surface area contributed by atoms with Gasteiger partial charge >= 0.3 is 0 Å². The van der Waals surface area contributed by atoms with Crippen molar-refractivity contribution in [2.24, 2.45) is 0 Å². The number of nitrogens with zero attached hydrogens (tertiary/aromatic N) is 2. The van der Waals surface area contributed by atoms with Crippen molar-refractivity contribution in [1.82, 2.24) is 15.3 Å². The largest absolute Gasteiger partial charge is 0.307 e. The second-order valence-corrected chi connectivity index (χ2v) is 4.09. The molecular formula is C11H13N3.